The van der Waals surface area contributed by atoms with Crippen molar-refractivity contribution in [3.05, 3.63) is 40.3 Å². The standard InChI is InChI=1S/C12H12ClN3/c1-8-5-6-14-11(7-8)16-12(13)9-3-2-4-10(9)15-16/h5-7H,2-4H2,1H3. The molecule has 0 aromatic carbocycles. The summed E-state index contributed by atoms with van der Waals surface area (Å²) in [4.78, 5) is 4.30. The van der Waals surface area contributed by atoms with E-state index in [9.17, 15) is 0 Å². The van der Waals surface area contributed by atoms with Crippen molar-refractivity contribution in [2.45, 2.75) is 26.2 Å². The summed E-state index contributed by atoms with van der Waals surface area (Å²) in [6, 6.07) is 3.96. The van der Waals surface area contributed by atoms with Gasteiger partial charge in [0.15, 0.2) is 5.82 Å². The largest absolute Gasteiger partial charge is 0.237 e. The lowest BCUT2D eigenvalue weighted by atomic mass is 10.3. The minimum Gasteiger partial charge on any atom is -0.237 e. The fraction of sp³-hybridized carbons (Fsp3) is 0.333. The molecular formula is C12H12ClN3. The topological polar surface area (TPSA) is 30.7 Å². The summed E-state index contributed by atoms with van der Waals surface area (Å²) >= 11 is 6.32. The molecule has 3 rings (SSSR count). The highest BCUT2D eigenvalue weighted by Crippen LogP contribution is 2.29. The lowest BCUT2D eigenvalue weighted by molar-refractivity contribution is 0.784. The van der Waals surface area contributed by atoms with E-state index in [2.05, 4.69) is 10.1 Å². The molecule has 0 saturated heterocycles. The quantitative estimate of drug-likeness (QED) is 0.758. The summed E-state index contributed by atoms with van der Waals surface area (Å²) < 4.78 is 1.75. The first-order valence-corrected chi connectivity index (χ1v) is 5.83. The van der Waals surface area contributed by atoms with E-state index in [0.717, 1.165) is 35.1 Å². The van der Waals surface area contributed by atoms with Gasteiger partial charge in [-0.05, 0) is 43.9 Å². The highest BCUT2D eigenvalue weighted by atomic mass is 35.5. The molecule has 0 radical (unpaired) electrons. The lowest BCUT2D eigenvalue weighted by Gasteiger charge is -2.03. The van der Waals surface area contributed by atoms with E-state index in [1.54, 1.807) is 10.9 Å². The zero-order valence-corrected chi connectivity index (χ0v) is 9.83. The summed E-state index contributed by atoms with van der Waals surface area (Å²) in [7, 11) is 0. The van der Waals surface area contributed by atoms with Crippen molar-refractivity contribution in [2.75, 3.05) is 0 Å². The van der Waals surface area contributed by atoms with Crippen LogP contribution >= 0.6 is 11.6 Å². The van der Waals surface area contributed by atoms with Crippen molar-refractivity contribution in [1.82, 2.24) is 14.8 Å². The van der Waals surface area contributed by atoms with Crippen LogP contribution < -0.4 is 0 Å². The molecule has 0 bridgehead atoms. The van der Waals surface area contributed by atoms with Crippen molar-refractivity contribution in [2.24, 2.45) is 0 Å². The van der Waals surface area contributed by atoms with Crippen LogP contribution in [0.25, 0.3) is 5.82 Å². The van der Waals surface area contributed by atoms with Crippen LogP contribution in [0.15, 0.2) is 18.3 Å². The number of fused-ring (bicyclic) bond motifs is 1. The van der Waals surface area contributed by atoms with Gasteiger partial charge in [-0.2, -0.15) is 5.10 Å². The summed E-state index contributed by atoms with van der Waals surface area (Å²) in [6.07, 6.45) is 5.03. The Labute approximate surface area is 99.1 Å². The number of nitrogens with zero attached hydrogens (tertiary/aromatic N) is 3. The summed E-state index contributed by atoms with van der Waals surface area (Å²) in [5.41, 5.74) is 3.50. The van der Waals surface area contributed by atoms with E-state index < -0.39 is 0 Å². The summed E-state index contributed by atoms with van der Waals surface area (Å²) in [5, 5.41) is 5.25. The molecule has 0 unspecified atom stereocenters. The average Bonchev–Trinajstić information content (AvgIpc) is 2.82. The van der Waals surface area contributed by atoms with Crippen molar-refractivity contribution in [3.8, 4) is 5.82 Å². The van der Waals surface area contributed by atoms with Crippen molar-refractivity contribution < 1.29 is 0 Å². The normalized spacial score (nSPS) is 14.1. The monoisotopic (exact) mass is 233 g/mol. The highest BCUT2D eigenvalue weighted by Gasteiger charge is 2.21. The molecule has 0 saturated carbocycles. The number of pyridine rings is 1. The van der Waals surface area contributed by atoms with Crippen molar-refractivity contribution in [3.63, 3.8) is 0 Å². The van der Waals surface area contributed by atoms with Crippen LogP contribution in [-0.4, -0.2) is 14.8 Å². The van der Waals surface area contributed by atoms with Gasteiger partial charge in [0.1, 0.15) is 5.15 Å². The Kier molecular flexibility index (Phi) is 2.21. The molecule has 4 heteroatoms. The maximum absolute atomic E-state index is 6.32. The minimum absolute atomic E-state index is 0.727. The Balaban J connectivity index is 2.14. The van der Waals surface area contributed by atoms with Gasteiger partial charge in [0.05, 0.1) is 5.69 Å². The first kappa shape index (κ1) is 9.85. The van der Waals surface area contributed by atoms with Gasteiger partial charge in [-0.25, -0.2) is 9.67 Å². The fourth-order valence-corrected chi connectivity index (χ4v) is 2.47. The van der Waals surface area contributed by atoms with Crippen LogP contribution in [0.3, 0.4) is 0 Å². The molecule has 0 N–H and O–H groups in total. The molecule has 3 nitrogen and oxygen atoms in total. The van der Waals surface area contributed by atoms with Gasteiger partial charge in [-0.15, -0.1) is 0 Å². The van der Waals surface area contributed by atoms with Crippen LogP contribution in [0.1, 0.15) is 23.2 Å². The molecule has 1 aliphatic rings. The molecule has 2 aromatic rings. The van der Waals surface area contributed by atoms with E-state index >= 15 is 0 Å². The number of hydrogen-bond acceptors (Lipinski definition) is 2. The Morgan fingerprint density at radius 3 is 3.00 bits per heavy atom. The minimum atomic E-state index is 0.727. The molecule has 2 aromatic heterocycles. The first-order chi connectivity index (χ1) is 7.75. The molecule has 0 atom stereocenters. The zero-order valence-electron chi connectivity index (χ0n) is 9.07. The molecule has 2 heterocycles. The van der Waals surface area contributed by atoms with Gasteiger partial charge >= 0.3 is 0 Å². The van der Waals surface area contributed by atoms with E-state index in [1.165, 1.54) is 12.0 Å². The molecule has 0 fully saturated rings. The van der Waals surface area contributed by atoms with Gasteiger partial charge in [-0.1, -0.05) is 11.6 Å². The van der Waals surface area contributed by atoms with Gasteiger partial charge in [-0.3, -0.25) is 0 Å². The molecular weight excluding hydrogens is 222 g/mol. The third kappa shape index (κ3) is 1.43. The number of aryl methyl sites for hydroxylation is 2. The first-order valence-electron chi connectivity index (χ1n) is 5.45. The Morgan fingerprint density at radius 1 is 1.38 bits per heavy atom. The van der Waals surface area contributed by atoms with Gasteiger partial charge in [0, 0.05) is 11.8 Å². The number of hydrogen-bond donors (Lipinski definition) is 0. The summed E-state index contributed by atoms with van der Waals surface area (Å²) in [6.45, 7) is 2.04. The molecule has 82 valence electrons. The van der Waals surface area contributed by atoms with E-state index in [1.807, 2.05) is 19.1 Å². The molecule has 1 aliphatic carbocycles. The van der Waals surface area contributed by atoms with Crippen LogP contribution in [0, 0.1) is 6.92 Å². The molecule has 0 amide bonds. The third-order valence-electron chi connectivity index (χ3n) is 2.96. The fourth-order valence-electron chi connectivity index (χ4n) is 2.14. The predicted octanol–water partition coefficient (Wildman–Crippen LogP) is 2.72. The molecule has 0 spiro atoms. The van der Waals surface area contributed by atoms with Crippen LogP contribution in [-0.2, 0) is 12.8 Å². The zero-order chi connectivity index (χ0) is 11.1. The average molecular weight is 234 g/mol. The smallest absolute Gasteiger partial charge is 0.155 e. The highest BCUT2D eigenvalue weighted by molar-refractivity contribution is 6.30. The van der Waals surface area contributed by atoms with E-state index in [-0.39, 0.29) is 0 Å². The Hall–Kier alpha value is -1.35. The Bertz CT molecular complexity index is 545. The predicted molar refractivity (Wildman–Crippen MR) is 63.1 cm³/mol. The number of rotatable bonds is 1. The van der Waals surface area contributed by atoms with E-state index in [4.69, 9.17) is 11.6 Å². The van der Waals surface area contributed by atoms with Crippen LogP contribution in [0.5, 0.6) is 0 Å². The maximum Gasteiger partial charge on any atom is 0.155 e. The second kappa shape index (κ2) is 3.59. The van der Waals surface area contributed by atoms with Crippen molar-refractivity contribution >= 4 is 11.6 Å². The molecule has 16 heavy (non-hydrogen) atoms. The van der Waals surface area contributed by atoms with Gasteiger partial charge in [0.25, 0.3) is 0 Å². The number of halogens is 1. The van der Waals surface area contributed by atoms with Crippen molar-refractivity contribution in [1.29, 1.82) is 0 Å². The second-order valence-corrected chi connectivity index (χ2v) is 4.53. The second-order valence-electron chi connectivity index (χ2n) is 4.17. The van der Waals surface area contributed by atoms with E-state index in [0.29, 0.717) is 0 Å². The molecule has 0 aliphatic heterocycles. The Morgan fingerprint density at radius 2 is 2.25 bits per heavy atom. The lowest BCUT2D eigenvalue weighted by Crippen LogP contribution is -2.01. The third-order valence-corrected chi connectivity index (χ3v) is 3.35. The van der Waals surface area contributed by atoms with Crippen LogP contribution in [0.2, 0.25) is 5.15 Å². The van der Waals surface area contributed by atoms with Crippen LogP contribution in [0.4, 0.5) is 0 Å². The maximum atomic E-state index is 6.32. The SMILES string of the molecule is Cc1ccnc(-n2nc3c(c2Cl)CCC3)c1. The summed E-state index contributed by atoms with van der Waals surface area (Å²) in [5.74, 6) is 0.805. The van der Waals surface area contributed by atoms with Gasteiger partial charge < -0.3 is 0 Å². The number of aromatic nitrogens is 3. The van der Waals surface area contributed by atoms with Gasteiger partial charge in [0.2, 0.25) is 0 Å².